The van der Waals surface area contributed by atoms with Gasteiger partial charge < -0.3 is 11.1 Å². The summed E-state index contributed by atoms with van der Waals surface area (Å²) in [6, 6.07) is 2.10. The quantitative estimate of drug-likeness (QED) is 0.735. The number of anilines is 2. The zero-order chi connectivity index (χ0) is 13.8. The van der Waals surface area contributed by atoms with E-state index in [1.54, 1.807) is 34.6 Å². The number of thiophene rings is 1. The first-order valence-corrected chi connectivity index (χ1v) is 7.00. The second-order valence-electron chi connectivity index (χ2n) is 4.10. The van der Waals surface area contributed by atoms with Gasteiger partial charge in [-0.25, -0.2) is 4.98 Å². The van der Waals surface area contributed by atoms with Gasteiger partial charge in [0.05, 0.1) is 0 Å². The van der Waals surface area contributed by atoms with Crippen molar-refractivity contribution in [2.75, 3.05) is 17.6 Å². The van der Waals surface area contributed by atoms with Gasteiger partial charge in [-0.1, -0.05) is 0 Å². The second-order valence-corrected chi connectivity index (χ2v) is 4.88. The van der Waals surface area contributed by atoms with Gasteiger partial charge in [0.1, 0.15) is 6.33 Å². The van der Waals surface area contributed by atoms with Gasteiger partial charge in [0.25, 0.3) is 0 Å². The lowest BCUT2D eigenvalue weighted by atomic mass is 10.2. The molecule has 0 saturated heterocycles. The number of nitrogen functional groups attached to an aromatic ring is 1. The third-order valence-corrected chi connectivity index (χ3v) is 3.39. The van der Waals surface area contributed by atoms with Crippen molar-refractivity contribution in [2.24, 2.45) is 0 Å². The van der Waals surface area contributed by atoms with Crippen molar-refractivity contribution in [3.05, 3.63) is 41.1 Å². The molecule has 7 nitrogen and oxygen atoms in total. The Hall–Kier alpha value is -2.48. The molecule has 0 radical (unpaired) electrons. The zero-order valence-electron chi connectivity index (χ0n) is 10.6. The molecule has 102 valence electrons. The topological polar surface area (TPSA) is 94.5 Å². The van der Waals surface area contributed by atoms with E-state index in [1.165, 1.54) is 5.56 Å². The highest BCUT2D eigenvalue weighted by atomic mass is 32.1. The van der Waals surface area contributed by atoms with Crippen LogP contribution in [-0.2, 0) is 6.42 Å². The molecule has 8 heteroatoms. The van der Waals surface area contributed by atoms with Gasteiger partial charge in [0.15, 0.2) is 0 Å². The van der Waals surface area contributed by atoms with Crippen molar-refractivity contribution in [1.29, 1.82) is 0 Å². The molecule has 3 heterocycles. The first-order valence-electron chi connectivity index (χ1n) is 6.06. The monoisotopic (exact) mass is 287 g/mol. The highest BCUT2D eigenvalue weighted by Gasteiger charge is 2.05. The molecule has 0 atom stereocenters. The van der Waals surface area contributed by atoms with Crippen LogP contribution in [0.25, 0.3) is 5.95 Å². The minimum absolute atomic E-state index is 0.182. The molecule has 0 amide bonds. The summed E-state index contributed by atoms with van der Waals surface area (Å²) in [6.07, 6.45) is 5.94. The third-order valence-electron chi connectivity index (χ3n) is 2.65. The van der Waals surface area contributed by atoms with E-state index in [2.05, 4.69) is 42.1 Å². The molecule has 0 bridgehead atoms. The van der Waals surface area contributed by atoms with Gasteiger partial charge in [-0.2, -0.15) is 26.3 Å². The zero-order valence-corrected chi connectivity index (χ0v) is 11.4. The third kappa shape index (κ3) is 2.91. The van der Waals surface area contributed by atoms with Crippen LogP contribution in [0.15, 0.2) is 35.5 Å². The lowest BCUT2D eigenvalue weighted by Crippen LogP contribution is -2.12. The van der Waals surface area contributed by atoms with Crippen molar-refractivity contribution >= 4 is 23.2 Å². The maximum Gasteiger partial charge on any atom is 0.241 e. The lowest BCUT2D eigenvalue weighted by Gasteiger charge is -2.06. The predicted molar refractivity (Wildman–Crippen MR) is 77.9 cm³/mol. The molecule has 0 unspecified atom stereocenters. The molecule has 0 aromatic carbocycles. The van der Waals surface area contributed by atoms with Crippen molar-refractivity contribution in [1.82, 2.24) is 24.5 Å². The van der Waals surface area contributed by atoms with E-state index >= 15 is 0 Å². The molecule has 3 N–H and O–H groups in total. The molecule has 0 saturated carbocycles. The van der Waals surface area contributed by atoms with Crippen LogP contribution in [-0.4, -0.2) is 31.0 Å². The van der Waals surface area contributed by atoms with Crippen LogP contribution >= 0.6 is 11.3 Å². The number of nitrogens with two attached hydrogens (primary N) is 1. The average Bonchev–Trinajstić information content (AvgIpc) is 3.11. The normalized spacial score (nSPS) is 10.6. The Bertz CT molecular complexity index is 663. The smallest absolute Gasteiger partial charge is 0.241 e. The van der Waals surface area contributed by atoms with E-state index in [-0.39, 0.29) is 5.95 Å². The predicted octanol–water partition coefficient (Wildman–Crippen LogP) is 1.36. The Morgan fingerprint density at radius 2 is 2.25 bits per heavy atom. The van der Waals surface area contributed by atoms with Gasteiger partial charge in [0.2, 0.25) is 17.8 Å². The van der Waals surface area contributed by atoms with E-state index in [9.17, 15) is 0 Å². The fourth-order valence-electron chi connectivity index (χ4n) is 1.71. The van der Waals surface area contributed by atoms with E-state index in [0.29, 0.717) is 11.9 Å². The molecule has 3 rings (SSSR count). The number of imidazole rings is 1. The molecule has 3 aromatic rings. The second kappa shape index (κ2) is 5.66. The van der Waals surface area contributed by atoms with Crippen LogP contribution in [0.4, 0.5) is 11.9 Å². The van der Waals surface area contributed by atoms with Crippen LogP contribution in [0, 0.1) is 0 Å². The summed E-state index contributed by atoms with van der Waals surface area (Å²) < 4.78 is 1.68. The highest BCUT2D eigenvalue weighted by molar-refractivity contribution is 7.07. The molecule has 3 aromatic heterocycles. The van der Waals surface area contributed by atoms with Gasteiger partial charge in [-0.05, 0) is 28.8 Å². The number of nitrogens with one attached hydrogen (secondary N) is 1. The van der Waals surface area contributed by atoms with Gasteiger partial charge in [0, 0.05) is 18.9 Å². The fourth-order valence-corrected chi connectivity index (χ4v) is 2.41. The maximum atomic E-state index is 5.70. The van der Waals surface area contributed by atoms with E-state index in [1.807, 2.05) is 0 Å². The summed E-state index contributed by atoms with van der Waals surface area (Å²) in [5, 5.41) is 7.34. The lowest BCUT2D eigenvalue weighted by molar-refractivity contribution is 0.891. The summed E-state index contributed by atoms with van der Waals surface area (Å²) in [6.45, 7) is 0.740. The van der Waals surface area contributed by atoms with Crippen LogP contribution < -0.4 is 11.1 Å². The van der Waals surface area contributed by atoms with Crippen molar-refractivity contribution in [2.45, 2.75) is 6.42 Å². The molecule has 0 aliphatic carbocycles. The minimum atomic E-state index is 0.182. The SMILES string of the molecule is Nc1nc(NCCc2ccsc2)nc(-n2ccnc2)n1. The Labute approximate surface area is 119 Å². The first-order chi connectivity index (χ1) is 9.81. The molecule has 20 heavy (non-hydrogen) atoms. The average molecular weight is 287 g/mol. The largest absolute Gasteiger partial charge is 0.368 e. The number of aromatic nitrogens is 5. The number of hydrogen-bond acceptors (Lipinski definition) is 7. The van der Waals surface area contributed by atoms with Crippen LogP contribution in [0.2, 0.25) is 0 Å². The molecular weight excluding hydrogens is 274 g/mol. The maximum absolute atomic E-state index is 5.70. The Morgan fingerprint density at radius 1 is 1.30 bits per heavy atom. The molecular formula is C12H13N7S. The number of hydrogen-bond donors (Lipinski definition) is 2. The Kier molecular flexibility index (Phi) is 3.55. The van der Waals surface area contributed by atoms with Gasteiger partial charge in [-0.3, -0.25) is 4.57 Å². The number of nitrogens with zero attached hydrogens (tertiary/aromatic N) is 5. The Balaban J connectivity index is 1.70. The molecule has 0 fully saturated rings. The van der Waals surface area contributed by atoms with Crippen molar-refractivity contribution in [3.63, 3.8) is 0 Å². The summed E-state index contributed by atoms with van der Waals surface area (Å²) in [4.78, 5) is 16.4. The van der Waals surface area contributed by atoms with Crippen LogP contribution in [0.1, 0.15) is 5.56 Å². The van der Waals surface area contributed by atoms with Crippen LogP contribution in [0.3, 0.4) is 0 Å². The van der Waals surface area contributed by atoms with E-state index in [0.717, 1.165) is 13.0 Å². The van der Waals surface area contributed by atoms with E-state index < -0.39 is 0 Å². The number of rotatable bonds is 5. The summed E-state index contributed by atoms with van der Waals surface area (Å²) in [5.41, 5.74) is 6.99. The van der Waals surface area contributed by atoms with E-state index in [4.69, 9.17) is 5.73 Å². The van der Waals surface area contributed by atoms with Gasteiger partial charge in [-0.15, -0.1) is 0 Å². The van der Waals surface area contributed by atoms with Crippen molar-refractivity contribution in [3.8, 4) is 5.95 Å². The van der Waals surface area contributed by atoms with Crippen molar-refractivity contribution < 1.29 is 0 Å². The Morgan fingerprint density at radius 3 is 3.00 bits per heavy atom. The van der Waals surface area contributed by atoms with Gasteiger partial charge >= 0.3 is 0 Å². The fraction of sp³-hybridized carbons (Fsp3) is 0.167. The summed E-state index contributed by atoms with van der Waals surface area (Å²) in [7, 11) is 0. The van der Waals surface area contributed by atoms with Crippen LogP contribution in [0.5, 0.6) is 0 Å². The minimum Gasteiger partial charge on any atom is -0.368 e. The summed E-state index contributed by atoms with van der Waals surface area (Å²) in [5.74, 6) is 1.10. The molecule has 0 aliphatic rings. The molecule has 0 aliphatic heterocycles. The summed E-state index contributed by atoms with van der Waals surface area (Å²) >= 11 is 1.69. The first kappa shape index (κ1) is 12.5. The highest BCUT2D eigenvalue weighted by Crippen LogP contribution is 2.09. The standard InChI is InChI=1S/C12H13N7S/c13-10-16-11(15-3-1-9-2-6-20-7-9)18-12(17-10)19-5-4-14-8-19/h2,4-8H,1,3H2,(H3,13,15,16,17,18). The molecule has 0 spiro atoms.